The minimum Gasteiger partial charge on any atom is -0.466 e. The van der Waals surface area contributed by atoms with Gasteiger partial charge >= 0.3 is 12.1 Å². The van der Waals surface area contributed by atoms with E-state index >= 15 is 0 Å². The number of esters is 1. The van der Waals surface area contributed by atoms with Crippen LogP contribution >= 0.6 is 0 Å². The lowest BCUT2D eigenvalue weighted by molar-refractivity contribution is -0.151. The number of likely N-dealkylation sites (tertiary alicyclic amines) is 1. The van der Waals surface area contributed by atoms with Crippen molar-refractivity contribution in [3.8, 4) is 0 Å². The van der Waals surface area contributed by atoms with Crippen molar-refractivity contribution in [1.82, 2.24) is 4.90 Å². The maximum Gasteiger partial charge on any atom is 0.410 e. The smallest absolute Gasteiger partial charge is 0.410 e. The largest absolute Gasteiger partial charge is 0.466 e. The average Bonchev–Trinajstić information content (AvgIpc) is 2.12. The molecule has 0 saturated carbocycles. The van der Waals surface area contributed by atoms with Crippen molar-refractivity contribution in [1.29, 1.82) is 0 Å². The zero-order valence-electron chi connectivity index (χ0n) is 11.9. The zero-order chi connectivity index (χ0) is 13.9. The molecule has 18 heavy (non-hydrogen) atoms. The molecule has 0 unspecified atom stereocenters. The fourth-order valence-corrected chi connectivity index (χ4v) is 1.77. The second kappa shape index (κ2) is 5.59. The highest BCUT2D eigenvalue weighted by molar-refractivity contribution is 5.74. The van der Waals surface area contributed by atoms with Gasteiger partial charge in [0.1, 0.15) is 5.60 Å². The highest BCUT2D eigenvalue weighted by atomic mass is 16.6. The van der Waals surface area contributed by atoms with E-state index < -0.39 is 5.60 Å². The summed E-state index contributed by atoms with van der Waals surface area (Å²) in [4.78, 5) is 24.8. The Balaban J connectivity index is 2.35. The molecule has 1 aliphatic rings. The maximum absolute atomic E-state index is 11.7. The van der Waals surface area contributed by atoms with Crippen LogP contribution in [0.5, 0.6) is 0 Å². The molecular weight excluding hydrogens is 234 g/mol. The molecule has 1 heterocycles. The lowest BCUT2D eigenvalue weighted by Crippen LogP contribution is -2.54. The monoisotopic (exact) mass is 257 g/mol. The van der Waals surface area contributed by atoms with Gasteiger partial charge in [-0.15, -0.1) is 0 Å². The lowest BCUT2D eigenvalue weighted by atomic mass is 9.87. The van der Waals surface area contributed by atoms with E-state index in [2.05, 4.69) is 0 Å². The van der Waals surface area contributed by atoms with Gasteiger partial charge in [-0.3, -0.25) is 4.79 Å². The first-order valence-corrected chi connectivity index (χ1v) is 6.39. The Morgan fingerprint density at radius 2 is 1.89 bits per heavy atom. The SMILES string of the molecule is CCOC(=O)[C@@H](C)C1CN(C(=O)OC(C)(C)C)C1. The van der Waals surface area contributed by atoms with E-state index in [4.69, 9.17) is 9.47 Å². The van der Waals surface area contributed by atoms with E-state index in [0.717, 1.165) is 0 Å². The molecule has 0 aliphatic carbocycles. The highest BCUT2D eigenvalue weighted by Gasteiger charge is 2.39. The zero-order valence-corrected chi connectivity index (χ0v) is 11.9. The quantitative estimate of drug-likeness (QED) is 0.726. The van der Waals surface area contributed by atoms with Gasteiger partial charge in [0.05, 0.1) is 12.5 Å². The number of amides is 1. The van der Waals surface area contributed by atoms with Crippen molar-refractivity contribution < 1.29 is 19.1 Å². The van der Waals surface area contributed by atoms with Gasteiger partial charge in [0.25, 0.3) is 0 Å². The van der Waals surface area contributed by atoms with Crippen LogP contribution in [0.3, 0.4) is 0 Å². The molecule has 0 N–H and O–H groups in total. The molecule has 1 rings (SSSR count). The van der Waals surface area contributed by atoms with Crippen molar-refractivity contribution in [2.75, 3.05) is 19.7 Å². The number of hydrogen-bond acceptors (Lipinski definition) is 4. The first-order valence-electron chi connectivity index (χ1n) is 6.39. The standard InChI is InChI=1S/C13H23NO4/c1-6-17-11(15)9(2)10-7-14(8-10)12(16)18-13(3,4)5/h9-10H,6-8H2,1-5H3/t9-/m0/s1. The van der Waals surface area contributed by atoms with Gasteiger partial charge in [0.15, 0.2) is 0 Å². The molecule has 0 spiro atoms. The van der Waals surface area contributed by atoms with Gasteiger partial charge in [-0.2, -0.15) is 0 Å². The average molecular weight is 257 g/mol. The normalized spacial score (nSPS) is 17.9. The van der Waals surface area contributed by atoms with Crippen molar-refractivity contribution in [3.63, 3.8) is 0 Å². The molecule has 1 fully saturated rings. The van der Waals surface area contributed by atoms with Crippen LogP contribution < -0.4 is 0 Å². The number of rotatable bonds is 3. The van der Waals surface area contributed by atoms with E-state index in [1.54, 1.807) is 11.8 Å². The third-order valence-corrected chi connectivity index (χ3v) is 2.93. The van der Waals surface area contributed by atoms with E-state index in [1.165, 1.54) is 0 Å². The molecule has 0 bridgehead atoms. The lowest BCUT2D eigenvalue weighted by Gasteiger charge is -2.41. The van der Waals surface area contributed by atoms with Gasteiger partial charge in [-0.25, -0.2) is 4.79 Å². The second-order valence-corrected chi connectivity index (χ2v) is 5.69. The molecule has 5 nitrogen and oxygen atoms in total. The van der Waals surface area contributed by atoms with Gasteiger partial charge < -0.3 is 14.4 Å². The Morgan fingerprint density at radius 3 is 2.33 bits per heavy atom. The van der Waals surface area contributed by atoms with Crippen LogP contribution in [0.25, 0.3) is 0 Å². The van der Waals surface area contributed by atoms with E-state index in [9.17, 15) is 9.59 Å². The summed E-state index contributed by atoms with van der Waals surface area (Å²) in [5.41, 5.74) is -0.477. The summed E-state index contributed by atoms with van der Waals surface area (Å²) in [6, 6.07) is 0. The Kier molecular flexibility index (Phi) is 4.59. The number of hydrogen-bond donors (Lipinski definition) is 0. The van der Waals surface area contributed by atoms with Crippen LogP contribution in [0.15, 0.2) is 0 Å². The topological polar surface area (TPSA) is 55.8 Å². The first-order chi connectivity index (χ1) is 8.24. The maximum atomic E-state index is 11.7. The van der Waals surface area contributed by atoms with Gasteiger partial charge in [0, 0.05) is 19.0 Å². The van der Waals surface area contributed by atoms with Crippen LogP contribution in [-0.4, -0.2) is 42.3 Å². The Hall–Kier alpha value is -1.26. The van der Waals surface area contributed by atoms with Gasteiger partial charge in [0.2, 0.25) is 0 Å². The summed E-state index contributed by atoms with van der Waals surface area (Å²) in [6.45, 7) is 10.7. The van der Waals surface area contributed by atoms with E-state index in [-0.39, 0.29) is 23.9 Å². The Bertz CT molecular complexity index is 315. The van der Waals surface area contributed by atoms with Crippen molar-refractivity contribution >= 4 is 12.1 Å². The molecular formula is C13H23NO4. The Morgan fingerprint density at radius 1 is 1.33 bits per heavy atom. The van der Waals surface area contributed by atoms with Crippen LogP contribution in [0.4, 0.5) is 4.79 Å². The third-order valence-electron chi connectivity index (χ3n) is 2.93. The molecule has 5 heteroatoms. The summed E-state index contributed by atoms with van der Waals surface area (Å²) < 4.78 is 10.2. The summed E-state index contributed by atoms with van der Waals surface area (Å²) in [5, 5.41) is 0. The molecule has 1 saturated heterocycles. The predicted molar refractivity (Wildman–Crippen MR) is 67.1 cm³/mol. The summed E-state index contributed by atoms with van der Waals surface area (Å²) in [5.74, 6) is -0.174. The number of nitrogens with zero attached hydrogens (tertiary/aromatic N) is 1. The number of carbonyl (C=O) groups is 2. The van der Waals surface area contributed by atoms with Crippen LogP contribution in [0.1, 0.15) is 34.6 Å². The predicted octanol–water partition coefficient (Wildman–Crippen LogP) is 2.05. The third kappa shape index (κ3) is 3.89. The molecule has 1 aliphatic heterocycles. The van der Waals surface area contributed by atoms with Crippen molar-refractivity contribution in [2.45, 2.75) is 40.2 Å². The van der Waals surface area contributed by atoms with Crippen LogP contribution in [0.2, 0.25) is 0 Å². The molecule has 0 aromatic heterocycles. The highest BCUT2D eigenvalue weighted by Crippen LogP contribution is 2.26. The Labute approximate surface area is 108 Å². The molecule has 0 aromatic rings. The van der Waals surface area contributed by atoms with E-state index in [0.29, 0.717) is 19.7 Å². The molecule has 1 atom stereocenters. The van der Waals surface area contributed by atoms with Crippen molar-refractivity contribution in [2.24, 2.45) is 11.8 Å². The summed E-state index contributed by atoms with van der Waals surface area (Å²) in [7, 11) is 0. The fourth-order valence-electron chi connectivity index (χ4n) is 1.77. The first kappa shape index (κ1) is 14.8. The second-order valence-electron chi connectivity index (χ2n) is 5.69. The molecule has 0 aromatic carbocycles. The minimum atomic E-state index is -0.477. The van der Waals surface area contributed by atoms with E-state index in [1.807, 2.05) is 27.7 Å². The summed E-state index contributed by atoms with van der Waals surface area (Å²) >= 11 is 0. The van der Waals surface area contributed by atoms with Crippen LogP contribution in [-0.2, 0) is 14.3 Å². The number of ether oxygens (including phenoxy) is 2. The minimum absolute atomic E-state index is 0.163. The molecule has 0 radical (unpaired) electrons. The molecule has 1 amide bonds. The summed E-state index contributed by atoms with van der Waals surface area (Å²) in [6.07, 6.45) is -0.310. The van der Waals surface area contributed by atoms with Crippen LogP contribution in [0, 0.1) is 11.8 Å². The van der Waals surface area contributed by atoms with Gasteiger partial charge in [-0.05, 0) is 27.7 Å². The molecule has 104 valence electrons. The van der Waals surface area contributed by atoms with Gasteiger partial charge in [-0.1, -0.05) is 6.92 Å². The number of carbonyl (C=O) groups excluding carboxylic acids is 2. The fraction of sp³-hybridized carbons (Fsp3) is 0.846. The van der Waals surface area contributed by atoms with Crippen molar-refractivity contribution in [3.05, 3.63) is 0 Å².